The first-order valence-electron chi connectivity index (χ1n) is 3.91. The smallest absolute Gasteiger partial charge is 0.217 e. The van der Waals surface area contributed by atoms with E-state index in [2.05, 4.69) is 21.0 Å². The number of aromatic nitrogens is 2. The summed E-state index contributed by atoms with van der Waals surface area (Å²) in [5, 5.41) is 4.25. The standard InChI is InChI=1S/C7H10BrN3O/c8-6-5(4-9)7-11(10-6)2-1-3-12-7/h1-4,9H2. The molecule has 0 saturated carbocycles. The Hall–Kier alpha value is -0.550. The summed E-state index contributed by atoms with van der Waals surface area (Å²) in [6.45, 7) is 2.16. The highest BCUT2D eigenvalue weighted by atomic mass is 79.9. The van der Waals surface area contributed by atoms with Crippen molar-refractivity contribution in [3.05, 3.63) is 10.2 Å². The van der Waals surface area contributed by atoms with Gasteiger partial charge in [0.15, 0.2) is 0 Å². The first-order valence-corrected chi connectivity index (χ1v) is 4.70. The summed E-state index contributed by atoms with van der Waals surface area (Å²) in [7, 11) is 0. The van der Waals surface area contributed by atoms with Gasteiger partial charge in [0.25, 0.3) is 0 Å². The van der Waals surface area contributed by atoms with Gasteiger partial charge in [-0.2, -0.15) is 5.10 Å². The van der Waals surface area contributed by atoms with Crippen molar-refractivity contribution in [1.82, 2.24) is 9.78 Å². The maximum atomic E-state index is 5.56. The molecule has 2 heterocycles. The lowest BCUT2D eigenvalue weighted by atomic mass is 10.3. The molecule has 0 spiro atoms. The van der Waals surface area contributed by atoms with Crippen LogP contribution < -0.4 is 10.5 Å². The number of rotatable bonds is 1. The number of aryl methyl sites for hydroxylation is 1. The van der Waals surface area contributed by atoms with E-state index in [1.807, 2.05) is 4.68 Å². The van der Waals surface area contributed by atoms with Gasteiger partial charge in [0.05, 0.1) is 12.2 Å². The second-order valence-electron chi connectivity index (χ2n) is 2.70. The van der Waals surface area contributed by atoms with Gasteiger partial charge in [-0.25, -0.2) is 4.68 Å². The molecule has 0 bridgehead atoms. The summed E-state index contributed by atoms with van der Waals surface area (Å²) in [4.78, 5) is 0. The molecule has 0 fully saturated rings. The summed E-state index contributed by atoms with van der Waals surface area (Å²) >= 11 is 3.35. The van der Waals surface area contributed by atoms with Crippen molar-refractivity contribution in [2.75, 3.05) is 6.61 Å². The molecule has 0 aliphatic carbocycles. The van der Waals surface area contributed by atoms with Crippen LogP contribution in [0.15, 0.2) is 4.60 Å². The molecule has 2 N–H and O–H groups in total. The molecule has 1 aliphatic heterocycles. The zero-order valence-corrected chi connectivity index (χ0v) is 8.17. The molecule has 0 aromatic carbocycles. The Balaban J connectivity index is 2.46. The highest BCUT2D eigenvalue weighted by Gasteiger charge is 2.18. The minimum Gasteiger partial charge on any atom is -0.477 e. The molecule has 0 amide bonds. The Morgan fingerprint density at radius 3 is 3.25 bits per heavy atom. The summed E-state index contributed by atoms with van der Waals surface area (Å²) in [5.74, 6) is 0.829. The first-order chi connectivity index (χ1) is 5.83. The van der Waals surface area contributed by atoms with Crippen LogP contribution in [-0.4, -0.2) is 16.4 Å². The highest BCUT2D eigenvalue weighted by molar-refractivity contribution is 9.10. The number of ether oxygens (including phenoxy) is 1. The zero-order valence-electron chi connectivity index (χ0n) is 6.59. The lowest BCUT2D eigenvalue weighted by Crippen LogP contribution is -2.15. The van der Waals surface area contributed by atoms with Gasteiger partial charge >= 0.3 is 0 Å². The third kappa shape index (κ3) is 1.13. The maximum absolute atomic E-state index is 5.56. The van der Waals surface area contributed by atoms with E-state index in [9.17, 15) is 0 Å². The molecular formula is C7H10BrN3O. The van der Waals surface area contributed by atoms with Gasteiger partial charge in [-0.15, -0.1) is 0 Å². The van der Waals surface area contributed by atoms with Gasteiger partial charge in [0, 0.05) is 19.5 Å². The van der Waals surface area contributed by atoms with Crippen molar-refractivity contribution in [2.45, 2.75) is 19.5 Å². The van der Waals surface area contributed by atoms with Crippen molar-refractivity contribution in [3.63, 3.8) is 0 Å². The van der Waals surface area contributed by atoms with E-state index in [1.54, 1.807) is 0 Å². The fraction of sp³-hybridized carbons (Fsp3) is 0.571. The number of fused-ring (bicyclic) bond motifs is 1. The quantitative estimate of drug-likeness (QED) is 0.782. The molecule has 0 saturated heterocycles. The van der Waals surface area contributed by atoms with Crippen LogP contribution in [0.4, 0.5) is 0 Å². The maximum Gasteiger partial charge on any atom is 0.217 e. The first kappa shape index (κ1) is 8.07. The molecule has 66 valence electrons. The van der Waals surface area contributed by atoms with E-state index in [-0.39, 0.29) is 0 Å². The Kier molecular flexibility index (Phi) is 2.06. The lowest BCUT2D eigenvalue weighted by Gasteiger charge is -2.15. The van der Waals surface area contributed by atoms with E-state index in [4.69, 9.17) is 10.5 Å². The topological polar surface area (TPSA) is 53.1 Å². The normalized spacial score (nSPS) is 15.5. The predicted molar refractivity (Wildman–Crippen MR) is 47.9 cm³/mol. The average Bonchev–Trinajstić information content (AvgIpc) is 2.40. The Morgan fingerprint density at radius 1 is 1.67 bits per heavy atom. The van der Waals surface area contributed by atoms with Crippen molar-refractivity contribution in [1.29, 1.82) is 0 Å². The molecule has 2 rings (SSSR count). The second kappa shape index (κ2) is 3.06. The van der Waals surface area contributed by atoms with E-state index >= 15 is 0 Å². The Morgan fingerprint density at radius 2 is 2.50 bits per heavy atom. The number of nitrogens with two attached hydrogens (primary N) is 1. The molecule has 5 heteroatoms. The van der Waals surface area contributed by atoms with Crippen LogP contribution in [0.3, 0.4) is 0 Å². The number of halogens is 1. The summed E-state index contributed by atoms with van der Waals surface area (Å²) < 4.78 is 8.12. The molecule has 0 radical (unpaired) electrons. The molecule has 1 aromatic rings. The summed E-state index contributed by atoms with van der Waals surface area (Å²) in [6.07, 6.45) is 1.02. The van der Waals surface area contributed by atoms with Crippen LogP contribution in [0, 0.1) is 0 Å². The van der Waals surface area contributed by atoms with Crippen LogP contribution in [0.2, 0.25) is 0 Å². The van der Waals surface area contributed by atoms with Gasteiger partial charge in [-0.1, -0.05) is 0 Å². The SMILES string of the molecule is NCc1c(Br)nn2c1OCCC2. The number of hydrogen-bond donors (Lipinski definition) is 1. The van der Waals surface area contributed by atoms with Crippen molar-refractivity contribution in [2.24, 2.45) is 5.73 Å². The van der Waals surface area contributed by atoms with Gasteiger partial charge in [-0.3, -0.25) is 0 Å². The van der Waals surface area contributed by atoms with Crippen LogP contribution in [0.1, 0.15) is 12.0 Å². The molecule has 4 nitrogen and oxygen atoms in total. The van der Waals surface area contributed by atoms with E-state index in [0.29, 0.717) is 6.54 Å². The largest absolute Gasteiger partial charge is 0.477 e. The van der Waals surface area contributed by atoms with Gasteiger partial charge in [0.1, 0.15) is 4.60 Å². The van der Waals surface area contributed by atoms with E-state index < -0.39 is 0 Å². The van der Waals surface area contributed by atoms with Crippen LogP contribution in [-0.2, 0) is 13.1 Å². The highest BCUT2D eigenvalue weighted by Crippen LogP contribution is 2.28. The number of hydrogen-bond acceptors (Lipinski definition) is 3. The van der Waals surface area contributed by atoms with Crippen molar-refractivity contribution >= 4 is 15.9 Å². The molecule has 0 unspecified atom stereocenters. The third-order valence-electron chi connectivity index (χ3n) is 1.91. The minimum absolute atomic E-state index is 0.468. The van der Waals surface area contributed by atoms with Gasteiger partial charge in [0.2, 0.25) is 5.88 Å². The van der Waals surface area contributed by atoms with Gasteiger partial charge < -0.3 is 10.5 Å². The molecule has 1 aromatic heterocycles. The second-order valence-corrected chi connectivity index (χ2v) is 3.45. The van der Waals surface area contributed by atoms with Crippen LogP contribution in [0.5, 0.6) is 5.88 Å². The Bertz CT molecular complexity index is 297. The number of nitrogens with zero attached hydrogens (tertiary/aromatic N) is 2. The van der Waals surface area contributed by atoms with E-state index in [0.717, 1.165) is 35.6 Å². The summed E-state index contributed by atoms with van der Waals surface area (Å²) in [5.41, 5.74) is 6.52. The van der Waals surface area contributed by atoms with E-state index in [1.165, 1.54) is 0 Å². The van der Waals surface area contributed by atoms with Gasteiger partial charge in [-0.05, 0) is 15.9 Å². The third-order valence-corrected chi connectivity index (χ3v) is 2.54. The predicted octanol–water partition coefficient (Wildman–Crippen LogP) is 0.887. The molecule has 0 atom stereocenters. The molecule has 1 aliphatic rings. The minimum atomic E-state index is 0.468. The van der Waals surface area contributed by atoms with Crippen molar-refractivity contribution < 1.29 is 4.74 Å². The Labute approximate surface area is 78.8 Å². The van der Waals surface area contributed by atoms with Crippen LogP contribution >= 0.6 is 15.9 Å². The monoisotopic (exact) mass is 231 g/mol. The zero-order chi connectivity index (χ0) is 8.55. The molecular weight excluding hydrogens is 222 g/mol. The molecule has 12 heavy (non-hydrogen) atoms. The van der Waals surface area contributed by atoms with Crippen molar-refractivity contribution in [3.8, 4) is 5.88 Å². The fourth-order valence-corrected chi connectivity index (χ4v) is 1.85. The lowest BCUT2D eigenvalue weighted by molar-refractivity contribution is 0.228. The average molecular weight is 232 g/mol. The summed E-state index contributed by atoms with van der Waals surface area (Å²) in [6, 6.07) is 0. The fourth-order valence-electron chi connectivity index (χ4n) is 1.32. The van der Waals surface area contributed by atoms with Crippen LogP contribution in [0.25, 0.3) is 0 Å².